The van der Waals surface area contributed by atoms with E-state index in [0.29, 0.717) is 5.69 Å². The van der Waals surface area contributed by atoms with E-state index in [1.54, 1.807) is 43.3 Å². The standard InChI is InChI=1S/C32H39N3O4S2/c1-23-13-15-28(16-14-23)35(41(38,39)30-19-17-29(40-4)18-20-30)22-31(36)34(21-26-10-6-5-9-24(26)2)25(3)32(37)33-27-11-7-8-12-27/h5-6,9-10,13-20,25,27H,7-8,11-12,21-22H2,1-4H3,(H,33,37). The van der Waals surface area contributed by atoms with Crippen LogP contribution >= 0.6 is 11.8 Å². The molecule has 2 amide bonds. The number of hydrogen-bond acceptors (Lipinski definition) is 5. The lowest BCUT2D eigenvalue weighted by Crippen LogP contribution is -2.52. The van der Waals surface area contributed by atoms with Gasteiger partial charge in [-0.1, -0.05) is 54.8 Å². The summed E-state index contributed by atoms with van der Waals surface area (Å²) in [5, 5.41) is 3.11. The molecule has 218 valence electrons. The Kier molecular flexibility index (Phi) is 10.1. The number of nitrogens with one attached hydrogen (secondary N) is 1. The lowest BCUT2D eigenvalue weighted by Gasteiger charge is -2.33. The molecular weight excluding hydrogens is 555 g/mol. The fourth-order valence-corrected chi connectivity index (χ4v) is 6.88. The summed E-state index contributed by atoms with van der Waals surface area (Å²) in [6.45, 7) is 5.34. The van der Waals surface area contributed by atoms with Crippen LogP contribution in [0.2, 0.25) is 0 Å². The maximum atomic E-state index is 14.1. The first-order valence-electron chi connectivity index (χ1n) is 14.0. The van der Waals surface area contributed by atoms with Gasteiger partial charge in [-0.3, -0.25) is 13.9 Å². The second kappa shape index (κ2) is 13.6. The van der Waals surface area contributed by atoms with Gasteiger partial charge >= 0.3 is 0 Å². The maximum absolute atomic E-state index is 14.1. The molecule has 0 spiro atoms. The van der Waals surface area contributed by atoms with E-state index in [1.807, 2.05) is 56.5 Å². The predicted molar refractivity (Wildman–Crippen MR) is 166 cm³/mol. The van der Waals surface area contributed by atoms with Crippen molar-refractivity contribution in [2.75, 3.05) is 17.1 Å². The molecule has 4 rings (SSSR count). The van der Waals surface area contributed by atoms with Crippen molar-refractivity contribution in [3.63, 3.8) is 0 Å². The fourth-order valence-electron chi connectivity index (χ4n) is 5.06. The Bertz CT molecular complexity index is 1450. The average Bonchev–Trinajstić information content (AvgIpc) is 3.48. The van der Waals surface area contributed by atoms with E-state index in [0.717, 1.165) is 51.6 Å². The molecule has 3 aromatic carbocycles. The van der Waals surface area contributed by atoms with Crippen molar-refractivity contribution in [3.8, 4) is 0 Å². The largest absolute Gasteiger partial charge is 0.352 e. The minimum Gasteiger partial charge on any atom is -0.352 e. The first-order valence-corrected chi connectivity index (χ1v) is 16.6. The zero-order valence-corrected chi connectivity index (χ0v) is 25.8. The van der Waals surface area contributed by atoms with E-state index in [2.05, 4.69) is 5.32 Å². The van der Waals surface area contributed by atoms with Gasteiger partial charge in [-0.2, -0.15) is 0 Å². The molecule has 1 aliphatic rings. The van der Waals surface area contributed by atoms with Crippen molar-refractivity contribution in [2.45, 2.75) is 74.9 Å². The molecule has 1 atom stereocenters. The average molecular weight is 594 g/mol. The van der Waals surface area contributed by atoms with Crippen molar-refractivity contribution in [2.24, 2.45) is 0 Å². The third kappa shape index (κ3) is 7.51. The quantitative estimate of drug-likeness (QED) is 0.289. The van der Waals surface area contributed by atoms with Crippen molar-refractivity contribution in [3.05, 3.63) is 89.5 Å². The summed E-state index contributed by atoms with van der Waals surface area (Å²) in [6, 6.07) is 20.7. The number of hydrogen-bond donors (Lipinski definition) is 1. The van der Waals surface area contributed by atoms with Crippen molar-refractivity contribution >= 4 is 39.3 Å². The third-order valence-corrected chi connectivity index (χ3v) is 10.3. The number of aryl methyl sites for hydroxylation is 2. The number of amides is 2. The van der Waals surface area contributed by atoms with Crippen molar-refractivity contribution in [1.82, 2.24) is 10.2 Å². The van der Waals surface area contributed by atoms with Gasteiger partial charge in [0, 0.05) is 17.5 Å². The summed E-state index contributed by atoms with van der Waals surface area (Å²) in [7, 11) is -4.09. The van der Waals surface area contributed by atoms with Gasteiger partial charge in [0.1, 0.15) is 12.6 Å². The smallest absolute Gasteiger partial charge is 0.264 e. The number of benzene rings is 3. The number of carbonyl (C=O) groups is 2. The number of sulfonamides is 1. The van der Waals surface area contributed by atoms with E-state index < -0.39 is 28.5 Å². The Balaban J connectivity index is 1.69. The topological polar surface area (TPSA) is 86.8 Å². The first kappa shape index (κ1) is 30.7. The zero-order chi connectivity index (χ0) is 29.6. The Morgan fingerprint density at radius 2 is 1.59 bits per heavy atom. The van der Waals surface area contributed by atoms with Crippen molar-refractivity contribution in [1.29, 1.82) is 0 Å². The molecule has 1 fully saturated rings. The molecule has 3 aromatic rings. The summed E-state index contributed by atoms with van der Waals surface area (Å²) < 4.78 is 29.1. The SMILES string of the molecule is CSc1ccc(S(=O)(=O)N(CC(=O)N(Cc2ccccc2C)C(C)C(=O)NC2CCCC2)c2ccc(C)cc2)cc1. The van der Waals surface area contributed by atoms with Gasteiger partial charge in [-0.25, -0.2) is 8.42 Å². The highest BCUT2D eigenvalue weighted by Gasteiger charge is 2.33. The van der Waals surface area contributed by atoms with Crippen LogP contribution in [0.4, 0.5) is 5.69 Å². The molecule has 0 aromatic heterocycles. The molecule has 0 heterocycles. The van der Waals surface area contributed by atoms with E-state index in [4.69, 9.17) is 0 Å². The molecule has 9 heteroatoms. The van der Waals surface area contributed by atoms with E-state index >= 15 is 0 Å². The van der Waals surface area contributed by atoms with Gasteiger partial charge < -0.3 is 10.2 Å². The van der Waals surface area contributed by atoms with Crippen LogP contribution in [0.5, 0.6) is 0 Å². The highest BCUT2D eigenvalue weighted by atomic mass is 32.2. The lowest BCUT2D eigenvalue weighted by molar-refractivity contribution is -0.139. The number of carbonyl (C=O) groups excluding carboxylic acids is 2. The second-order valence-electron chi connectivity index (χ2n) is 10.6. The summed E-state index contributed by atoms with van der Waals surface area (Å²) in [4.78, 5) is 30.0. The molecule has 41 heavy (non-hydrogen) atoms. The zero-order valence-electron chi connectivity index (χ0n) is 24.2. The Morgan fingerprint density at radius 1 is 0.951 bits per heavy atom. The van der Waals surface area contributed by atoms with Gasteiger partial charge in [0.2, 0.25) is 11.8 Å². The predicted octanol–water partition coefficient (Wildman–Crippen LogP) is 5.70. The Morgan fingerprint density at radius 3 is 2.20 bits per heavy atom. The molecule has 7 nitrogen and oxygen atoms in total. The van der Waals surface area contributed by atoms with Gasteiger partial charge in [0.25, 0.3) is 10.0 Å². The molecule has 1 N–H and O–H groups in total. The molecule has 1 unspecified atom stereocenters. The molecular formula is C32H39N3O4S2. The molecule has 0 radical (unpaired) electrons. The number of nitrogens with zero attached hydrogens (tertiary/aromatic N) is 2. The van der Waals surface area contributed by atoms with E-state index in [-0.39, 0.29) is 23.4 Å². The molecule has 1 saturated carbocycles. The van der Waals surface area contributed by atoms with Crippen LogP contribution in [0.3, 0.4) is 0 Å². The van der Waals surface area contributed by atoms with Gasteiger partial charge in [0.15, 0.2) is 0 Å². The van der Waals surface area contributed by atoms with Crippen LogP contribution in [-0.4, -0.2) is 50.0 Å². The third-order valence-electron chi connectivity index (χ3n) is 7.72. The van der Waals surface area contributed by atoms with E-state index in [9.17, 15) is 18.0 Å². The highest BCUT2D eigenvalue weighted by molar-refractivity contribution is 7.98. The first-order chi connectivity index (χ1) is 19.6. The maximum Gasteiger partial charge on any atom is 0.264 e. The van der Waals surface area contributed by atoms with Crippen LogP contribution in [0.15, 0.2) is 82.6 Å². The van der Waals surface area contributed by atoms with Crippen LogP contribution in [0, 0.1) is 13.8 Å². The van der Waals surface area contributed by atoms with Gasteiger partial charge in [-0.05, 0) is 87.4 Å². The van der Waals surface area contributed by atoms with Crippen molar-refractivity contribution < 1.29 is 18.0 Å². The number of anilines is 1. The molecule has 0 bridgehead atoms. The van der Waals surface area contributed by atoms with Crippen LogP contribution in [0.1, 0.15) is 49.3 Å². The normalized spacial score (nSPS) is 14.4. The Hall–Kier alpha value is -3.30. The molecule has 0 aliphatic heterocycles. The number of thioether (sulfide) groups is 1. The second-order valence-corrected chi connectivity index (χ2v) is 13.4. The minimum absolute atomic E-state index is 0.0983. The lowest BCUT2D eigenvalue weighted by atomic mass is 10.1. The summed E-state index contributed by atoms with van der Waals surface area (Å²) >= 11 is 1.52. The van der Waals surface area contributed by atoms with Gasteiger partial charge in [-0.15, -0.1) is 11.8 Å². The van der Waals surface area contributed by atoms with Gasteiger partial charge in [0.05, 0.1) is 10.6 Å². The summed E-state index contributed by atoms with van der Waals surface area (Å²) in [5.74, 6) is -0.677. The summed E-state index contributed by atoms with van der Waals surface area (Å²) in [6.07, 6.45) is 5.94. The van der Waals surface area contributed by atoms with Crippen LogP contribution in [0.25, 0.3) is 0 Å². The number of rotatable bonds is 11. The van der Waals surface area contributed by atoms with E-state index in [1.165, 1.54) is 16.7 Å². The Labute approximate surface area is 248 Å². The molecule has 0 saturated heterocycles. The van der Waals surface area contributed by atoms with Crippen LogP contribution in [-0.2, 0) is 26.2 Å². The minimum atomic E-state index is -4.09. The summed E-state index contributed by atoms with van der Waals surface area (Å²) in [5.41, 5.74) is 3.25. The monoisotopic (exact) mass is 593 g/mol. The fraction of sp³-hybridized carbons (Fsp3) is 0.375. The van der Waals surface area contributed by atoms with Crippen LogP contribution < -0.4 is 9.62 Å². The highest BCUT2D eigenvalue weighted by Crippen LogP contribution is 2.27. The molecule has 1 aliphatic carbocycles.